The van der Waals surface area contributed by atoms with Crippen LogP contribution in [0.25, 0.3) is 0 Å². The van der Waals surface area contributed by atoms with Crippen molar-refractivity contribution in [3.63, 3.8) is 0 Å². The third-order valence-corrected chi connectivity index (χ3v) is 4.20. The van der Waals surface area contributed by atoms with Crippen molar-refractivity contribution in [3.05, 3.63) is 29.8 Å². The minimum atomic E-state index is 0.149. The molecule has 1 fully saturated rings. The molecule has 22 heavy (non-hydrogen) atoms. The van der Waals surface area contributed by atoms with Gasteiger partial charge in [-0.15, -0.1) is 0 Å². The first kappa shape index (κ1) is 16.9. The van der Waals surface area contributed by atoms with Gasteiger partial charge in [0.05, 0.1) is 13.2 Å². The summed E-state index contributed by atoms with van der Waals surface area (Å²) in [6.07, 6.45) is 0. The van der Waals surface area contributed by atoms with E-state index in [0.29, 0.717) is 6.54 Å². The number of aryl methyl sites for hydroxylation is 1. The highest BCUT2D eigenvalue weighted by Crippen LogP contribution is 2.14. The lowest BCUT2D eigenvalue weighted by Crippen LogP contribution is -2.50. The Morgan fingerprint density at radius 1 is 1.23 bits per heavy atom. The summed E-state index contributed by atoms with van der Waals surface area (Å²) in [5, 5.41) is 0. The number of benzene rings is 1. The van der Waals surface area contributed by atoms with Crippen LogP contribution in [0.15, 0.2) is 24.3 Å². The molecule has 5 heteroatoms. The molecule has 2 rings (SSSR count). The monoisotopic (exact) mass is 305 g/mol. The van der Waals surface area contributed by atoms with Crippen molar-refractivity contribution in [1.29, 1.82) is 0 Å². The topological polar surface area (TPSA) is 36.0 Å². The van der Waals surface area contributed by atoms with E-state index in [1.165, 1.54) is 5.56 Å². The van der Waals surface area contributed by atoms with E-state index in [1.54, 1.807) is 12.0 Å². The van der Waals surface area contributed by atoms with Gasteiger partial charge in [0.1, 0.15) is 0 Å². The second-order valence-electron chi connectivity index (χ2n) is 5.90. The van der Waals surface area contributed by atoms with E-state index >= 15 is 0 Å². The van der Waals surface area contributed by atoms with Gasteiger partial charge in [0.15, 0.2) is 0 Å². The second kappa shape index (κ2) is 8.27. The second-order valence-corrected chi connectivity index (χ2v) is 5.90. The van der Waals surface area contributed by atoms with Crippen LogP contribution < -0.4 is 4.90 Å². The molecule has 1 aromatic carbocycles. The van der Waals surface area contributed by atoms with Crippen molar-refractivity contribution in [3.8, 4) is 0 Å². The lowest BCUT2D eigenvalue weighted by atomic mass is 10.2. The Balaban J connectivity index is 1.80. The van der Waals surface area contributed by atoms with Gasteiger partial charge in [0.2, 0.25) is 5.91 Å². The van der Waals surface area contributed by atoms with Gasteiger partial charge >= 0.3 is 0 Å². The molecule has 0 unspecified atom stereocenters. The van der Waals surface area contributed by atoms with E-state index in [-0.39, 0.29) is 5.91 Å². The fourth-order valence-electron chi connectivity index (χ4n) is 2.67. The number of carbonyl (C=O) groups is 1. The zero-order valence-corrected chi connectivity index (χ0v) is 13.9. The summed E-state index contributed by atoms with van der Waals surface area (Å²) >= 11 is 0. The maximum absolute atomic E-state index is 12.4. The standard InChI is InChI=1S/C17H27N3O2/c1-15-5-4-6-16(13-15)18(2)17(21)14-20-9-7-19(8-10-20)11-12-22-3/h4-6,13H,7-12,14H2,1-3H3. The Labute approximate surface area is 133 Å². The maximum Gasteiger partial charge on any atom is 0.240 e. The number of carbonyl (C=O) groups excluding carboxylic acids is 1. The Bertz CT molecular complexity index is 485. The summed E-state index contributed by atoms with van der Waals surface area (Å²) in [4.78, 5) is 18.8. The van der Waals surface area contributed by atoms with Crippen LogP contribution in [0, 0.1) is 6.92 Å². The lowest BCUT2D eigenvalue weighted by Gasteiger charge is -2.34. The van der Waals surface area contributed by atoms with Crippen LogP contribution in [0.4, 0.5) is 5.69 Å². The van der Waals surface area contributed by atoms with E-state index in [9.17, 15) is 4.79 Å². The van der Waals surface area contributed by atoms with Gasteiger partial charge in [0, 0.05) is 52.6 Å². The lowest BCUT2D eigenvalue weighted by molar-refractivity contribution is -0.119. The number of rotatable bonds is 6. The molecule has 1 saturated heterocycles. The smallest absolute Gasteiger partial charge is 0.240 e. The van der Waals surface area contributed by atoms with E-state index in [0.717, 1.165) is 45.0 Å². The zero-order chi connectivity index (χ0) is 15.9. The number of likely N-dealkylation sites (N-methyl/N-ethyl adjacent to an activating group) is 1. The number of ether oxygens (including phenoxy) is 1. The van der Waals surface area contributed by atoms with Crippen LogP contribution in [-0.4, -0.2) is 75.7 Å². The molecule has 1 aromatic rings. The number of hydrogen-bond acceptors (Lipinski definition) is 4. The highest BCUT2D eigenvalue weighted by Gasteiger charge is 2.20. The fraction of sp³-hybridized carbons (Fsp3) is 0.588. The fourth-order valence-corrected chi connectivity index (χ4v) is 2.67. The molecule has 0 aromatic heterocycles. The molecule has 0 bridgehead atoms. The average Bonchev–Trinajstić information content (AvgIpc) is 2.53. The van der Waals surface area contributed by atoms with Gasteiger partial charge in [-0.2, -0.15) is 0 Å². The number of piperazine rings is 1. The summed E-state index contributed by atoms with van der Waals surface area (Å²) in [5.74, 6) is 0.149. The molecule has 1 amide bonds. The van der Waals surface area contributed by atoms with Crippen LogP contribution in [0.2, 0.25) is 0 Å². The predicted octanol–water partition coefficient (Wildman–Crippen LogP) is 1.22. The Hall–Kier alpha value is -1.43. The Morgan fingerprint density at radius 3 is 2.55 bits per heavy atom. The molecule has 1 heterocycles. The molecule has 0 N–H and O–H groups in total. The SMILES string of the molecule is COCCN1CCN(CC(=O)N(C)c2cccc(C)c2)CC1. The van der Waals surface area contributed by atoms with Crippen molar-refractivity contribution in [2.75, 3.05) is 64.9 Å². The van der Waals surface area contributed by atoms with Crippen LogP contribution in [-0.2, 0) is 9.53 Å². The first-order chi connectivity index (χ1) is 10.6. The molecule has 1 aliphatic heterocycles. The van der Waals surface area contributed by atoms with Crippen molar-refractivity contribution in [1.82, 2.24) is 9.80 Å². The van der Waals surface area contributed by atoms with E-state index in [1.807, 2.05) is 38.2 Å². The first-order valence-electron chi connectivity index (χ1n) is 7.87. The number of hydrogen-bond donors (Lipinski definition) is 0. The number of nitrogens with zero attached hydrogens (tertiary/aromatic N) is 3. The van der Waals surface area contributed by atoms with Crippen molar-refractivity contribution < 1.29 is 9.53 Å². The zero-order valence-electron chi connectivity index (χ0n) is 13.9. The van der Waals surface area contributed by atoms with Crippen LogP contribution in [0.5, 0.6) is 0 Å². The summed E-state index contributed by atoms with van der Waals surface area (Å²) in [6, 6.07) is 8.05. The largest absolute Gasteiger partial charge is 0.383 e. The predicted molar refractivity (Wildman–Crippen MR) is 89.3 cm³/mol. The van der Waals surface area contributed by atoms with Crippen molar-refractivity contribution in [2.45, 2.75) is 6.92 Å². The quantitative estimate of drug-likeness (QED) is 0.792. The molecule has 0 saturated carbocycles. The molecule has 1 aliphatic rings. The number of methoxy groups -OCH3 is 1. The van der Waals surface area contributed by atoms with Gasteiger partial charge < -0.3 is 9.64 Å². The number of amides is 1. The summed E-state index contributed by atoms with van der Waals surface area (Å²) in [7, 11) is 3.59. The van der Waals surface area contributed by atoms with Crippen LogP contribution in [0.1, 0.15) is 5.56 Å². The molecule has 0 atom stereocenters. The minimum Gasteiger partial charge on any atom is -0.383 e. The third-order valence-electron chi connectivity index (χ3n) is 4.20. The average molecular weight is 305 g/mol. The molecular weight excluding hydrogens is 278 g/mol. The summed E-state index contributed by atoms with van der Waals surface area (Å²) in [5.41, 5.74) is 2.13. The summed E-state index contributed by atoms with van der Waals surface area (Å²) in [6.45, 7) is 8.17. The normalized spacial score (nSPS) is 16.7. The van der Waals surface area contributed by atoms with Gasteiger partial charge in [-0.05, 0) is 24.6 Å². The summed E-state index contributed by atoms with van der Waals surface area (Å²) < 4.78 is 5.11. The van der Waals surface area contributed by atoms with Gasteiger partial charge in [0.25, 0.3) is 0 Å². The molecule has 0 spiro atoms. The first-order valence-corrected chi connectivity index (χ1v) is 7.87. The van der Waals surface area contributed by atoms with Crippen molar-refractivity contribution >= 4 is 11.6 Å². The molecule has 0 aliphatic carbocycles. The van der Waals surface area contributed by atoms with E-state index in [2.05, 4.69) is 9.80 Å². The number of anilines is 1. The van der Waals surface area contributed by atoms with E-state index < -0.39 is 0 Å². The van der Waals surface area contributed by atoms with Crippen molar-refractivity contribution in [2.24, 2.45) is 0 Å². The van der Waals surface area contributed by atoms with Crippen LogP contribution in [0.3, 0.4) is 0 Å². The third kappa shape index (κ3) is 4.80. The minimum absolute atomic E-state index is 0.149. The molecule has 0 radical (unpaired) electrons. The highest BCUT2D eigenvalue weighted by atomic mass is 16.5. The molecule has 5 nitrogen and oxygen atoms in total. The van der Waals surface area contributed by atoms with E-state index in [4.69, 9.17) is 4.74 Å². The Kier molecular flexibility index (Phi) is 6.36. The van der Waals surface area contributed by atoms with Crippen LogP contribution >= 0.6 is 0 Å². The molecule has 122 valence electrons. The van der Waals surface area contributed by atoms with Gasteiger partial charge in [-0.25, -0.2) is 0 Å². The highest BCUT2D eigenvalue weighted by molar-refractivity contribution is 5.94. The Morgan fingerprint density at radius 2 is 1.91 bits per heavy atom. The van der Waals surface area contributed by atoms with Gasteiger partial charge in [-0.1, -0.05) is 12.1 Å². The van der Waals surface area contributed by atoms with Gasteiger partial charge in [-0.3, -0.25) is 14.6 Å². The molecular formula is C17H27N3O2. The maximum atomic E-state index is 12.4.